The Morgan fingerprint density at radius 3 is 2.57 bits per heavy atom. The summed E-state index contributed by atoms with van der Waals surface area (Å²) in [4.78, 5) is 20.9. The molecule has 3 aromatic rings. The van der Waals surface area contributed by atoms with Gasteiger partial charge in [-0.1, -0.05) is 6.92 Å². The summed E-state index contributed by atoms with van der Waals surface area (Å²) in [6.45, 7) is 5.37. The van der Waals surface area contributed by atoms with E-state index in [9.17, 15) is 13.6 Å². The molecule has 5 rings (SSSR count). The number of methoxy groups -OCH3 is 1. The number of nitrogens with zero attached hydrogens (tertiary/aromatic N) is 6. The Labute approximate surface area is 202 Å². The van der Waals surface area contributed by atoms with Gasteiger partial charge in [-0.2, -0.15) is 14.8 Å². The minimum Gasteiger partial charge on any atom is -0.375 e. The van der Waals surface area contributed by atoms with Gasteiger partial charge in [-0.3, -0.25) is 4.79 Å². The summed E-state index contributed by atoms with van der Waals surface area (Å²) in [6.07, 6.45) is 4.22. The number of carbonyl (C=O) groups excluding carboxylic acids is 1. The highest BCUT2D eigenvalue weighted by Crippen LogP contribution is 2.31. The van der Waals surface area contributed by atoms with Gasteiger partial charge in [-0.25, -0.2) is 8.78 Å². The van der Waals surface area contributed by atoms with Crippen LogP contribution in [0.5, 0.6) is 0 Å². The van der Waals surface area contributed by atoms with E-state index in [1.165, 1.54) is 10.7 Å². The van der Waals surface area contributed by atoms with E-state index in [0.717, 1.165) is 57.9 Å². The van der Waals surface area contributed by atoms with Crippen molar-refractivity contribution in [1.82, 2.24) is 29.7 Å². The summed E-state index contributed by atoms with van der Waals surface area (Å²) in [6, 6.07) is 3.10. The number of likely N-dealkylation sites (tertiary alicyclic amines) is 2. The normalized spacial score (nSPS) is 18.6. The molecule has 0 unspecified atom stereocenters. The Bertz CT molecular complexity index is 1200. The van der Waals surface area contributed by atoms with Crippen molar-refractivity contribution in [3.63, 3.8) is 0 Å². The second kappa shape index (κ2) is 9.98. The van der Waals surface area contributed by atoms with E-state index in [1.807, 2.05) is 11.8 Å². The first-order valence-corrected chi connectivity index (χ1v) is 12.2. The highest BCUT2D eigenvalue weighted by atomic mass is 19.2. The second-order valence-corrected chi connectivity index (χ2v) is 9.26. The standard InChI is InChI=1S/C24H30F2N6O3/c1-3-19-17-4-5-18(25)21(26)22(17)32(28-19)24-27-23(35-29-24)15-6-10-30(11-7-15)16-8-12-31(13-9-16)20(33)14-34-2/h4-5,15-16H,3,6-14H2,1-2H3. The summed E-state index contributed by atoms with van der Waals surface area (Å²) in [7, 11) is 1.54. The zero-order valence-corrected chi connectivity index (χ0v) is 20.0. The number of hydrogen-bond donors (Lipinski definition) is 0. The van der Waals surface area contributed by atoms with Gasteiger partial charge >= 0.3 is 0 Å². The minimum absolute atomic E-state index is 0.0272. The van der Waals surface area contributed by atoms with Gasteiger partial charge in [0.2, 0.25) is 11.8 Å². The third-order valence-corrected chi connectivity index (χ3v) is 7.25. The summed E-state index contributed by atoms with van der Waals surface area (Å²) in [5.74, 6) is -1.14. The molecule has 0 spiro atoms. The van der Waals surface area contributed by atoms with E-state index in [4.69, 9.17) is 9.26 Å². The fourth-order valence-electron chi connectivity index (χ4n) is 5.30. The molecule has 0 radical (unpaired) electrons. The zero-order chi connectivity index (χ0) is 24.5. The Hall–Kier alpha value is -2.92. The van der Waals surface area contributed by atoms with Crippen LogP contribution in [0, 0.1) is 11.6 Å². The summed E-state index contributed by atoms with van der Waals surface area (Å²) in [5, 5.41) is 9.01. The topological polar surface area (TPSA) is 89.5 Å². The zero-order valence-electron chi connectivity index (χ0n) is 20.0. The fourth-order valence-corrected chi connectivity index (χ4v) is 5.30. The quantitative estimate of drug-likeness (QED) is 0.527. The maximum atomic E-state index is 14.6. The molecule has 1 amide bonds. The van der Waals surface area contributed by atoms with E-state index < -0.39 is 11.6 Å². The molecule has 0 atom stereocenters. The van der Waals surface area contributed by atoms with Crippen molar-refractivity contribution < 1.29 is 22.8 Å². The lowest BCUT2D eigenvalue weighted by Gasteiger charge is -2.41. The highest BCUT2D eigenvalue weighted by molar-refractivity contribution is 5.83. The predicted molar refractivity (Wildman–Crippen MR) is 123 cm³/mol. The number of fused-ring (bicyclic) bond motifs is 1. The number of halogens is 2. The largest absolute Gasteiger partial charge is 0.375 e. The average Bonchev–Trinajstić information content (AvgIpc) is 3.52. The van der Waals surface area contributed by atoms with Gasteiger partial charge in [-0.05, 0) is 62.5 Å². The first-order chi connectivity index (χ1) is 17.0. The van der Waals surface area contributed by atoms with Crippen LogP contribution in [-0.2, 0) is 16.0 Å². The van der Waals surface area contributed by atoms with Crippen molar-refractivity contribution in [2.24, 2.45) is 0 Å². The summed E-state index contributed by atoms with van der Waals surface area (Å²) >= 11 is 0. The lowest BCUT2D eigenvalue weighted by molar-refractivity contribution is -0.136. The Kier molecular flexibility index (Phi) is 6.79. The van der Waals surface area contributed by atoms with Crippen LogP contribution in [0.2, 0.25) is 0 Å². The van der Waals surface area contributed by atoms with Crippen LogP contribution in [0.3, 0.4) is 0 Å². The SMILES string of the molecule is CCc1nn(-c2noc(C3CCN(C4CCN(C(=O)COC)CC4)CC3)n2)c2c(F)c(F)ccc12. The molecule has 0 bridgehead atoms. The van der Waals surface area contributed by atoms with E-state index in [-0.39, 0.29) is 29.9 Å². The van der Waals surface area contributed by atoms with Crippen LogP contribution in [0.25, 0.3) is 16.9 Å². The molecule has 1 aromatic carbocycles. The molecule has 2 fully saturated rings. The second-order valence-electron chi connectivity index (χ2n) is 9.26. The number of piperidine rings is 2. The number of benzene rings is 1. The average molecular weight is 489 g/mol. The number of amides is 1. The van der Waals surface area contributed by atoms with Crippen LogP contribution < -0.4 is 0 Å². The molecule has 35 heavy (non-hydrogen) atoms. The van der Waals surface area contributed by atoms with Gasteiger partial charge in [0.05, 0.1) is 5.69 Å². The van der Waals surface area contributed by atoms with E-state index in [0.29, 0.717) is 29.4 Å². The molecule has 4 heterocycles. The van der Waals surface area contributed by atoms with Crippen molar-refractivity contribution in [2.45, 2.75) is 51.0 Å². The fraction of sp³-hybridized carbons (Fsp3) is 0.583. The molecule has 188 valence electrons. The Morgan fingerprint density at radius 1 is 1.14 bits per heavy atom. The van der Waals surface area contributed by atoms with E-state index in [1.54, 1.807) is 7.11 Å². The molecule has 0 saturated carbocycles. The third-order valence-electron chi connectivity index (χ3n) is 7.25. The van der Waals surface area contributed by atoms with Crippen LogP contribution in [0.1, 0.15) is 50.1 Å². The van der Waals surface area contributed by atoms with Crippen molar-refractivity contribution >= 4 is 16.8 Å². The Balaban J connectivity index is 1.24. The van der Waals surface area contributed by atoms with Crippen molar-refractivity contribution in [3.8, 4) is 5.95 Å². The van der Waals surface area contributed by atoms with Crippen LogP contribution in [-0.4, -0.2) is 81.6 Å². The van der Waals surface area contributed by atoms with Crippen molar-refractivity contribution in [3.05, 3.63) is 35.4 Å². The Morgan fingerprint density at radius 2 is 1.89 bits per heavy atom. The number of hydrogen-bond acceptors (Lipinski definition) is 7. The number of aromatic nitrogens is 4. The van der Waals surface area contributed by atoms with Gasteiger partial charge in [0.1, 0.15) is 12.1 Å². The first kappa shape index (κ1) is 23.8. The van der Waals surface area contributed by atoms with Crippen molar-refractivity contribution in [1.29, 1.82) is 0 Å². The predicted octanol–water partition coefficient (Wildman–Crippen LogP) is 3.07. The van der Waals surface area contributed by atoms with E-state index >= 15 is 0 Å². The summed E-state index contributed by atoms with van der Waals surface area (Å²) < 4.78 is 40.3. The van der Waals surface area contributed by atoms with Gasteiger partial charge in [0, 0.05) is 37.5 Å². The molecule has 2 saturated heterocycles. The smallest absolute Gasteiger partial charge is 0.291 e. The number of aryl methyl sites for hydroxylation is 1. The molecule has 2 aliphatic heterocycles. The number of ether oxygens (including phenoxy) is 1. The molecule has 0 aliphatic carbocycles. The molecular formula is C24H30F2N6O3. The molecule has 9 nitrogen and oxygen atoms in total. The summed E-state index contributed by atoms with van der Waals surface area (Å²) in [5.41, 5.74) is 0.674. The molecule has 2 aliphatic rings. The maximum absolute atomic E-state index is 14.6. The lowest BCUT2D eigenvalue weighted by Crippen LogP contribution is -2.49. The number of carbonyl (C=O) groups is 1. The number of rotatable bonds is 6. The van der Waals surface area contributed by atoms with Gasteiger partial charge in [0.25, 0.3) is 5.95 Å². The maximum Gasteiger partial charge on any atom is 0.291 e. The minimum atomic E-state index is -0.968. The highest BCUT2D eigenvalue weighted by Gasteiger charge is 2.32. The van der Waals surface area contributed by atoms with Crippen LogP contribution >= 0.6 is 0 Å². The molecule has 2 aromatic heterocycles. The van der Waals surface area contributed by atoms with Gasteiger partial charge in [0.15, 0.2) is 11.6 Å². The van der Waals surface area contributed by atoms with Crippen molar-refractivity contribution in [2.75, 3.05) is 39.9 Å². The first-order valence-electron chi connectivity index (χ1n) is 12.2. The molecular weight excluding hydrogens is 458 g/mol. The monoisotopic (exact) mass is 488 g/mol. The van der Waals surface area contributed by atoms with Crippen LogP contribution in [0.15, 0.2) is 16.7 Å². The lowest BCUT2D eigenvalue weighted by atomic mass is 9.93. The van der Waals surface area contributed by atoms with E-state index in [2.05, 4.69) is 20.1 Å². The van der Waals surface area contributed by atoms with Crippen LogP contribution in [0.4, 0.5) is 8.78 Å². The third kappa shape index (κ3) is 4.54. The molecule has 11 heteroatoms. The molecule has 0 N–H and O–H groups in total. The van der Waals surface area contributed by atoms with Gasteiger partial charge < -0.3 is 19.1 Å². The van der Waals surface area contributed by atoms with Gasteiger partial charge in [-0.15, -0.1) is 0 Å².